The molecule has 3 rings (SSSR count). The Kier molecular flexibility index (Phi) is 5.97. The molecular formula is C19H22ClFN2O2S. The summed E-state index contributed by atoms with van der Waals surface area (Å²) in [6.45, 7) is 4.70. The average molecular weight is 397 g/mol. The third-order valence-electron chi connectivity index (χ3n) is 4.71. The summed E-state index contributed by atoms with van der Waals surface area (Å²) in [5, 5.41) is 0.399. The van der Waals surface area contributed by atoms with Crippen LogP contribution in [0.15, 0.2) is 47.4 Å². The Balaban J connectivity index is 1.63. The van der Waals surface area contributed by atoms with Gasteiger partial charge in [-0.15, -0.1) is 0 Å². The van der Waals surface area contributed by atoms with Gasteiger partial charge in [-0.25, -0.2) is 12.8 Å². The lowest BCUT2D eigenvalue weighted by molar-refractivity contribution is 0.181. The zero-order valence-corrected chi connectivity index (χ0v) is 16.2. The SMILES string of the molecule is CCc1ccc(S(=O)(=O)N2CCN(Cc3ccc(F)cc3Cl)CC2)cc1. The third-order valence-corrected chi connectivity index (χ3v) is 6.97. The van der Waals surface area contributed by atoms with Gasteiger partial charge in [0, 0.05) is 37.7 Å². The number of nitrogens with zero attached hydrogens (tertiary/aromatic N) is 2. The number of rotatable bonds is 5. The highest BCUT2D eigenvalue weighted by Gasteiger charge is 2.28. The van der Waals surface area contributed by atoms with Gasteiger partial charge in [0.1, 0.15) is 5.82 Å². The number of aryl methyl sites for hydroxylation is 1. The first-order valence-electron chi connectivity index (χ1n) is 8.65. The van der Waals surface area contributed by atoms with Crippen LogP contribution in [-0.4, -0.2) is 43.8 Å². The van der Waals surface area contributed by atoms with Gasteiger partial charge in [-0.05, 0) is 41.8 Å². The van der Waals surface area contributed by atoms with Crippen molar-refractivity contribution < 1.29 is 12.8 Å². The highest BCUT2D eigenvalue weighted by molar-refractivity contribution is 7.89. The molecular weight excluding hydrogens is 375 g/mol. The average Bonchev–Trinajstić information content (AvgIpc) is 2.64. The highest BCUT2D eigenvalue weighted by atomic mass is 35.5. The summed E-state index contributed by atoms with van der Waals surface area (Å²) in [4.78, 5) is 2.47. The van der Waals surface area contributed by atoms with Crippen LogP contribution in [0.4, 0.5) is 4.39 Å². The van der Waals surface area contributed by atoms with Gasteiger partial charge in [-0.2, -0.15) is 4.31 Å². The number of piperazine rings is 1. The molecule has 2 aromatic rings. The van der Waals surface area contributed by atoms with Crippen LogP contribution in [0.2, 0.25) is 5.02 Å². The summed E-state index contributed by atoms with van der Waals surface area (Å²) in [5.74, 6) is -0.358. The number of hydrogen-bond donors (Lipinski definition) is 0. The van der Waals surface area contributed by atoms with E-state index in [1.807, 2.05) is 19.1 Å². The molecule has 0 aliphatic carbocycles. The molecule has 1 fully saturated rings. The topological polar surface area (TPSA) is 40.6 Å². The summed E-state index contributed by atoms with van der Waals surface area (Å²) in [7, 11) is -3.47. The monoisotopic (exact) mass is 396 g/mol. The maximum absolute atomic E-state index is 13.1. The Labute approximate surface area is 159 Å². The molecule has 0 amide bonds. The second-order valence-electron chi connectivity index (χ2n) is 6.41. The van der Waals surface area contributed by atoms with Crippen LogP contribution in [0.1, 0.15) is 18.1 Å². The highest BCUT2D eigenvalue weighted by Crippen LogP contribution is 2.22. The van der Waals surface area contributed by atoms with Gasteiger partial charge in [-0.1, -0.05) is 36.7 Å². The van der Waals surface area contributed by atoms with Crippen molar-refractivity contribution in [2.24, 2.45) is 0 Å². The number of halogens is 2. The van der Waals surface area contributed by atoms with E-state index in [4.69, 9.17) is 11.6 Å². The fourth-order valence-corrected chi connectivity index (χ4v) is 4.71. The molecule has 0 atom stereocenters. The van der Waals surface area contributed by atoms with Gasteiger partial charge in [0.2, 0.25) is 10.0 Å². The summed E-state index contributed by atoms with van der Waals surface area (Å²) in [6, 6.07) is 11.5. The Hall–Kier alpha value is -1.47. The van der Waals surface area contributed by atoms with Gasteiger partial charge in [-0.3, -0.25) is 4.90 Å². The standard InChI is InChI=1S/C19H22ClFN2O2S/c1-2-15-3-7-18(8-4-15)26(24,25)23-11-9-22(10-12-23)14-16-5-6-17(21)13-19(16)20/h3-8,13H,2,9-12,14H2,1H3. The second-order valence-corrected chi connectivity index (χ2v) is 8.76. The zero-order chi connectivity index (χ0) is 18.7. The second kappa shape index (κ2) is 8.05. The Morgan fingerprint density at radius 1 is 1.04 bits per heavy atom. The molecule has 0 radical (unpaired) electrons. The first-order chi connectivity index (χ1) is 12.4. The van der Waals surface area contributed by atoms with E-state index in [0.29, 0.717) is 42.6 Å². The van der Waals surface area contributed by atoms with Crippen LogP contribution in [0.25, 0.3) is 0 Å². The predicted molar refractivity (Wildman–Crippen MR) is 101 cm³/mol. The first kappa shape index (κ1) is 19.3. The number of sulfonamides is 1. The quantitative estimate of drug-likeness (QED) is 0.776. The summed E-state index contributed by atoms with van der Waals surface area (Å²) in [6.07, 6.45) is 0.880. The third kappa shape index (κ3) is 4.26. The van der Waals surface area contributed by atoms with E-state index in [1.165, 1.54) is 16.4 Å². The fraction of sp³-hybridized carbons (Fsp3) is 0.368. The minimum absolute atomic E-state index is 0.338. The molecule has 2 aromatic carbocycles. The van der Waals surface area contributed by atoms with E-state index in [1.54, 1.807) is 18.2 Å². The van der Waals surface area contributed by atoms with Crippen molar-refractivity contribution in [2.75, 3.05) is 26.2 Å². The lowest BCUT2D eigenvalue weighted by Gasteiger charge is -2.34. The van der Waals surface area contributed by atoms with E-state index >= 15 is 0 Å². The molecule has 0 unspecified atom stereocenters. The van der Waals surface area contributed by atoms with Crippen molar-refractivity contribution in [3.8, 4) is 0 Å². The molecule has 7 heteroatoms. The summed E-state index contributed by atoms with van der Waals surface area (Å²) in [5.41, 5.74) is 1.96. The van der Waals surface area contributed by atoms with Crippen molar-refractivity contribution in [1.29, 1.82) is 0 Å². The van der Waals surface area contributed by atoms with Crippen LogP contribution in [-0.2, 0) is 23.0 Å². The molecule has 0 N–H and O–H groups in total. The summed E-state index contributed by atoms with van der Waals surface area (Å²) < 4.78 is 40.2. The largest absolute Gasteiger partial charge is 0.296 e. The molecule has 4 nitrogen and oxygen atoms in total. The van der Waals surface area contributed by atoms with Crippen LogP contribution in [0, 0.1) is 5.82 Å². The number of benzene rings is 2. The van der Waals surface area contributed by atoms with Crippen molar-refractivity contribution in [2.45, 2.75) is 24.8 Å². The van der Waals surface area contributed by atoms with Crippen molar-refractivity contribution in [3.05, 3.63) is 64.4 Å². The number of hydrogen-bond acceptors (Lipinski definition) is 3. The molecule has 1 aliphatic rings. The van der Waals surface area contributed by atoms with Gasteiger partial charge in [0.05, 0.1) is 4.90 Å². The van der Waals surface area contributed by atoms with Crippen LogP contribution in [0.5, 0.6) is 0 Å². The van der Waals surface area contributed by atoms with Crippen LogP contribution >= 0.6 is 11.6 Å². The van der Waals surface area contributed by atoms with E-state index in [-0.39, 0.29) is 5.82 Å². The van der Waals surface area contributed by atoms with Gasteiger partial charge in [0.15, 0.2) is 0 Å². The summed E-state index contributed by atoms with van der Waals surface area (Å²) >= 11 is 6.08. The first-order valence-corrected chi connectivity index (χ1v) is 10.5. The molecule has 1 heterocycles. The lowest BCUT2D eigenvalue weighted by atomic mass is 10.2. The van der Waals surface area contributed by atoms with E-state index in [9.17, 15) is 12.8 Å². The van der Waals surface area contributed by atoms with Crippen molar-refractivity contribution >= 4 is 21.6 Å². The smallest absolute Gasteiger partial charge is 0.243 e. The molecule has 140 valence electrons. The predicted octanol–water partition coefficient (Wildman–Crippen LogP) is 3.55. The lowest BCUT2D eigenvalue weighted by Crippen LogP contribution is -2.48. The van der Waals surface area contributed by atoms with Crippen LogP contribution in [0.3, 0.4) is 0 Å². The molecule has 0 saturated carbocycles. The van der Waals surface area contributed by atoms with Crippen LogP contribution < -0.4 is 0 Å². The molecule has 1 saturated heterocycles. The van der Waals surface area contributed by atoms with Crippen molar-refractivity contribution in [1.82, 2.24) is 9.21 Å². The molecule has 0 bridgehead atoms. The molecule has 1 aliphatic heterocycles. The Morgan fingerprint density at radius 3 is 2.27 bits per heavy atom. The molecule has 0 spiro atoms. The molecule has 26 heavy (non-hydrogen) atoms. The Bertz CT molecular complexity index is 864. The van der Waals surface area contributed by atoms with E-state index < -0.39 is 10.0 Å². The van der Waals surface area contributed by atoms with Gasteiger partial charge < -0.3 is 0 Å². The normalized spacial score (nSPS) is 16.7. The van der Waals surface area contributed by atoms with Gasteiger partial charge >= 0.3 is 0 Å². The zero-order valence-electron chi connectivity index (χ0n) is 14.7. The maximum Gasteiger partial charge on any atom is 0.243 e. The van der Waals surface area contributed by atoms with Crippen molar-refractivity contribution in [3.63, 3.8) is 0 Å². The van der Waals surface area contributed by atoms with E-state index in [0.717, 1.165) is 17.5 Å². The maximum atomic E-state index is 13.1. The molecule has 0 aromatic heterocycles. The minimum Gasteiger partial charge on any atom is -0.296 e. The Morgan fingerprint density at radius 2 is 1.69 bits per heavy atom. The minimum atomic E-state index is -3.47. The fourth-order valence-electron chi connectivity index (χ4n) is 3.07. The van der Waals surface area contributed by atoms with Gasteiger partial charge in [0.25, 0.3) is 0 Å². The van der Waals surface area contributed by atoms with E-state index in [2.05, 4.69) is 4.90 Å².